The molecular weight excluding hydrogens is 278 g/mol. The predicted molar refractivity (Wildman–Crippen MR) is 86.4 cm³/mol. The third kappa shape index (κ3) is 2.84. The lowest BCUT2D eigenvalue weighted by Gasteiger charge is -2.03. The summed E-state index contributed by atoms with van der Waals surface area (Å²) in [4.78, 5) is 6.52. The van der Waals surface area contributed by atoms with Gasteiger partial charge in [0.05, 0.1) is 16.1 Å². The molecule has 1 aliphatic rings. The number of aromatic nitrogens is 1. The fourth-order valence-corrected chi connectivity index (χ4v) is 3.93. The fourth-order valence-electron chi connectivity index (χ4n) is 2.71. The number of hydrogen-bond donors (Lipinski definition) is 1. The summed E-state index contributed by atoms with van der Waals surface area (Å²) in [7, 11) is 0. The Morgan fingerprint density at radius 2 is 2.14 bits per heavy atom. The highest BCUT2D eigenvalue weighted by Crippen LogP contribution is 2.33. The molecule has 0 atom stereocenters. The summed E-state index contributed by atoms with van der Waals surface area (Å²) in [5.74, 6) is 0. The van der Waals surface area contributed by atoms with Gasteiger partial charge in [0.15, 0.2) is 0 Å². The molecule has 0 fully saturated rings. The summed E-state index contributed by atoms with van der Waals surface area (Å²) >= 11 is 1.74. The van der Waals surface area contributed by atoms with Crippen LogP contribution in [0.3, 0.4) is 0 Å². The highest BCUT2D eigenvalue weighted by atomic mass is 32.1. The van der Waals surface area contributed by atoms with Crippen molar-refractivity contribution < 1.29 is 0 Å². The van der Waals surface area contributed by atoms with E-state index in [1.807, 2.05) is 12.1 Å². The predicted octanol–water partition coefficient (Wildman–Crippen LogP) is 3.76. The third-order valence-electron chi connectivity index (χ3n) is 3.84. The monoisotopic (exact) mass is 295 g/mol. The van der Waals surface area contributed by atoms with Crippen molar-refractivity contribution in [3.63, 3.8) is 0 Å². The molecule has 2 heterocycles. The molecule has 1 aliphatic carbocycles. The molecule has 0 bridgehead atoms. The lowest BCUT2D eigenvalue weighted by Crippen LogP contribution is -1.99. The second-order valence-electron chi connectivity index (χ2n) is 5.26. The standard InChI is InChI=1S/C17H17N3S/c18-10-14(13-6-4-8-20-11-13)17(19)16-9-12-5-2-1-3-7-15(12)21-16/h4,6,8-9,11H,1-3,5,7,19H2/b17-14-. The van der Waals surface area contributed by atoms with Crippen molar-refractivity contribution in [3.05, 3.63) is 51.5 Å². The molecule has 3 rings (SSSR count). The van der Waals surface area contributed by atoms with Crippen molar-refractivity contribution >= 4 is 22.6 Å². The normalized spacial score (nSPS) is 15.6. The van der Waals surface area contributed by atoms with Crippen molar-refractivity contribution in [3.8, 4) is 6.07 Å². The van der Waals surface area contributed by atoms with E-state index in [0.717, 1.165) is 23.3 Å². The van der Waals surface area contributed by atoms with Crippen molar-refractivity contribution in [1.29, 1.82) is 5.26 Å². The average Bonchev–Trinajstić information content (AvgIpc) is 2.80. The van der Waals surface area contributed by atoms with Crippen LogP contribution in [-0.4, -0.2) is 4.98 Å². The maximum absolute atomic E-state index is 9.45. The lowest BCUT2D eigenvalue weighted by molar-refractivity contribution is 0.712. The molecule has 0 amide bonds. The van der Waals surface area contributed by atoms with E-state index < -0.39 is 0 Å². The third-order valence-corrected chi connectivity index (χ3v) is 5.11. The van der Waals surface area contributed by atoms with Crippen molar-refractivity contribution in [2.45, 2.75) is 32.1 Å². The molecule has 2 aromatic heterocycles. The molecule has 0 saturated heterocycles. The van der Waals surface area contributed by atoms with E-state index in [4.69, 9.17) is 5.73 Å². The lowest BCUT2D eigenvalue weighted by atomic mass is 10.1. The summed E-state index contributed by atoms with van der Waals surface area (Å²) < 4.78 is 0. The Labute approximate surface area is 128 Å². The van der Waals surface area contributed by atoms with Gasteiger partial charge in [-0.2, -0.15) is 5.26 Å². The maximum atomic E-state index is 9.45. The minimum absolute atomic E-state index is 0.513. The number of rotatable bonds is 2. The van der Waals surface area contributed by atoms with Gasteiger partial charge in [0, 0.05) is 22.8 Å². The first-order chi connectivity index (χ1) is 10.3. The number of hydrogen-bond acceptors (Lipinski definition) is 4. The van der Waals surface area contributed by atoms with Crippen LogP contribution in [0.25, 0.3) is 11.3 Å². The van der Waals surface area contributed by atoms with Gasteiger partial charge < -0.3 is 5.73 Å². The van der Waals surface area contributed by atoms with Gasteiger partial charge in [0.2, 0.25) is 0 Å². The minimum atomic E-state index is 0.513. The zero-order chi connectivity index (χ0) is 14.7. The molecule has 0 spiro atoms. The van der Waals surface area contributed by atoms with Gasteiger partial charge in [0.25, 0.3) is 0 Å². The number of nitrogens with two attached hydrogens (primary N) is 1. The largest absolute Gasteiger partial charge is 0.396 e. The highest BCUT2D eigenvalue weighted by Gasteiger charge is 2.16. The number of pyridine rings is 1. The Balaban J connectivity index is 2.02. The van der Waals surface area contributed by atoms with Crippen molar-refractivity contribution in [1.82, 2.24) is 4.98 Å². The van der Waals surface area contributed by atoms with Gasteiger partial charge in [0.1, 0.15) is 6.07 Å². The van der Waals surface area contributed by atoms with E-state index in [0.29, 0.717) is 11.3 Å². The van der Waals surface area contributed by atoms with Crippen LogP contribution in [0, 0.1) is 11.3 Å². The van der Waals surface area contributed by atoms with Crippen LogP contribution in [0.5, 0.6) is 0 Å². The first-order valence-corrected chi connectivity index (χ1v) is 8.03. The molecule has 21 heavy (non-hydrogen) atoms. The molecule has 2 aromatic rings. The SMILES string of the molecule is N#C/C(=C(/N)c1cc2c(s1)CCCCC2)c1cccnc1. The van der Waals surface area contributed by atoms with Crippen LogP contribution in [0.2, 0.25) is 0 Å². The molecular formula is C17H17N3S. The fraction of sp³-hybridized carbons (Fsp3) is 0.294. The summed E-state index contributed by atoms with van der Waals surface area (Å²) in [5, 5.41) is 9.45. The molecule has 3 nitrogen and oxygen atoms in total. The van der Waals surface area contributed by atoms with Crippen LogP contribution in [0.15, 0.2) is 30.6 Å². The van der Waals surface area contributed by atoms with E-state index in [9.17, 15) is 5.26 Å². The Kier molecular flexibility index (Phi) is 4.03. The van der Waals surface area contributed by atoms with Crippen LogP contribution < -0.4 is 5.73 Å². The van der Waals surface area contributed by atoms with Gasteiger partial charge >= 0.3 is 0 Å². The molecule has 0 aromatic carbocycles. The molecule has 0 radical (unpaired) electrons. The van der Waals surface area contributed by atoms with Crippen LogP contribution in [0.1, 0.15) is 40.1 Å². The smallest absolute Gasteiger partial charge is 0.102 e. The number of nitriles is 1. The van der Waals surface area contributed by atoms with Crippen molar-refractivity contribution in [2.75, 3.05) is 0 Å². The van der Waals surface area contributed by atoms with Gasteiger partial charge in [-0.3, -0.25) is 4.98 Å². The van der Waals surface area contributed by atoms with Gasteiger partial charge in [-0.15, -0.1) is 11.3 Å². The maximum Gasteiger partial charge on any atom is 0.102 e. The van der Waals surface area contributed by atoms with Gasteiger partial charge in [-0.1, -0.05) is 12.5 Å². The molecule has 0 saturated carbocycles. The Bertz CT molecular complexity index is 684. The Morgan fingerprint density at radius 3 is 2.90 bits per heavy atom. The zero-order valence-corrected chi connectivity index (χ0v) is 12.6. The van der Waals surface area contributed by atoms with Crippen molar-refractivity contribution in [2.24, 2.45) is 5.73 Å². The van der Waals surface area contributed by atoms with E-state index in [1.165, 1.54) is 29.7 Å². The summed E-state index contributed by atoms with van der Waals surface area (Å²) in [6.07, 6.45) is 9.47. The zero-order valence-electron chi connectivity index (χ0n) is 11.8. The first kappa shape index (κ1) is 13.8. The van der Waals surface area contributed by atoms with E-state index >= 15 is 0 Å². The number of fused-ring (bicyclic) bond motifs is 1. The number of thiophene rings is 1. The summed E-state index contributed by atoms with van der Waals surface area (Å²) in [6.45, 7) is 0. The molecule has 4 heteroatoms. The molecule has 106 valence electrons. The minimum Gasteiger partial charge on any atom is -0.396 e. The molecule has 0 aliphatic heterocycles. The number of aryl methyl sites for hydroxylation is 2. The average molecular weight is 295 g/mol. The second-order valence-corrected chi connectivity index (χ2v) is 6.40. The van der Waals surface area contributed by atoms with Crippen LogP contribution in [-0.2, 0) is 12.8 Å². The van der Waals surface area contributed by atoms with Crippen LogP contribution >= 0.6 is 11.3 Å². The molecule has 2 N–H and O–H groups in total. The van der Waals surface area contributed by atoms with E-state index in [2.05, 4.69) is 17.1 Å². The molecule has 0 unspecified atom stereocenters. The van der Waals surface area contributed by atoms with Gasteiger partial charge in [-0.25, -0.2) is 0 Å². The second kappa shape index (κ2) is 6.11. The van der Waals surface area contributed by atoms with Crippen LogP contribution in [0.4, 0.5) is 0 Å². The first-order valence-electron chi connectivity index (χ1n) is 7.22. The summed E-state index contributed by atoms with van der Waals surface area (Å²) in [5.41, 5.74) is 9.55. The van der Waals surface area contributed by atoms with E-state index in [1.54, 1.807) is 23.7 Å². The summed E-state index contributed by atoms with van der Waals surface area (Å²) in [6, 6.07) is 8.10. The number of allylic oxidation sites excluding steroid dienone is 1. The topological polar surface area (TPSA) is 62.7 Å². The quantitative estimate of drug-likeness (QED) is 0.677. The van der Waals surface area contributed by atoms with E-state index in [-0.39, 0.29) is 0 Å². The van der Waals surface area contributed by atoms with Gasteiger partial charge in [-0.05, 0) is 43.4 Å². The highest BCUT2D eigenvalue weighted by molar-refractivity contribution is 7.13. The number of nitrogens with zero attached hydrogens (tertiary/aromatic N) is 2. The Morgan fingerprint density at radius 1 is 1.29 bits per heavy atom. The Hall–Kier alpha value is -2.12.